The van der Waals surface area contributed by atoms with Crippen molar-refractivity contribution in [3.05, 3.63) is 75.4 Å². The molecule has 0 fully saturated rings. The van der Waals surface area contributed by atoms with Gasteiger partial charge in [-0.05, 0) is 47.5 Å². The van der Waals surface area contributed by atoms with Crippen LogP contribution in [0.5, 0.6) is 5.75 Å². The van der Waals surface area contributed by atoms with Crippen molar-refractivity contribution >= 4 is 12.1 Å². The molecule has 0 saturated carbocycles. The quantitative estimate of drug-likeness (QED) is 0.290. The molecule has 8 heteroatoms. The Balaban J connectivity index is 2.06. The van der Waals surface area contributed by atoms with Gasteiger partial charge in [-0.3, -0.25) is 4.79 Å². The lowest BCUT2D eigenvalue weighted by atomic mass is 10.1. The van der Waals surface area contributed by atoms with E-state index in [1.165, 1.54) is 36.5 Å². The topological polar surface area (TPSA) is 110 Å². The number of carbonyl (C=O) groups is 1. The molecule has 23 heavy (non-hydrogen) atoms. The lowest BCUT2D eigenvalue weighted by molar-refractivity contribution is 0.0955. The molecule has 1 amide bonds. The zero-order valence-electron chi connectivity index (χ0n) is 11.8. The average molecular weight is 313 g/mol. The number of phenols is 1. The molecule has 0 spiro atoms. The number of aromatic hydroxyl groups is 1. The van der Waals surface area contributed by atoms with Crippen LogP contribution in [-0.2, 0) is 6.54 Å². The molecule has 2 aromatic rings. The lowest BCUT2D eigenvalue weighted by Gasteiger charge is -2.02. The highest BCUT2D eigenvalue weighted by molar-refractivity contribution is 5.95. The van der Waals surface area contributed by atoms with Gasteiger partial charge in [-0.2, -0.15) is 5.10 Å². The zero-order chi connectivity index (χ0) is 16.7. The number of nitrogens with one attached hydrogen (secondary N) is 1. The Morgan fingerprint density at radius 1 is 1.30 bits per heavy atom. The minimum absolute atomic E-state index is 0.0329. The van der Waals surface area contributed by atoms with Crippen LogP contribution in [0.1, 0.15) is 21.5 Å². The molecule has 0 radical (unpaired) electrons. The number of azide groups is 1. The third-order valence-corrected chi connectivity index (χ3v) is 2.88. The van der Waals surface area contributed by atoms with Gasteiger partial charge in [0.1, 0.15) is 11.6 Å². The molecule has 2 rings (SSSR count). The Hall–Kier alpha value is -3.38. The van der Waals surface area contributed by atoms with Crippen LogP contribution in [0.15, 0.2) is 52.7 Å². The number of hydrogen-bond donors (Lipinski definition) is 2. The first-order valence-electron chi connectivity index (χ1n) is 6.52. The number of amides is 1. The molecular weight excluding hydrogens is 301 g/mol. The zero-order valence-corrected chi connectivity index (χ0v) is 11.8. The summed E-state index contributed by atoms with van der Waals surface area (Å²) >= 11 is 0. The molecule has 0 bridgehead atoms. The first-order valence-corrected chi connectivity index (χ1v) is 6.52. The highest BCUT2D eigenvalue weighted by Crippen LogP contribution is 2.17. The van der Waals surface area contributed by atoms with Gasteiger partial charge in [-0.1, -0.05) is 11.2 Å². The normalized spacial score (nSPS) is 10.3. The molecule has 0 unspecified atom stereocenters. The lowest BCUT2D eigenvalue weighted by Crippen LogP contribution is -2.17. The third-order valence-electron chi connectivity index (χ3n) is 2.88. The van der Waals surface area contributed by atoms with E-state index in [4.69, 9.17) is 5.53 Å². The molecule has 0 aliphatic carbocycles. The van der Waals surface area contributed by atoms with Gasteiger partial charge in [0.25, 0.3) is 5.91 Å². The summed E-state index contributed by atoms with van der Waals surface area (Å²) in [7, 11) is 0. The van der Waals surface area contributed by atoms with Crippen LogP contribution in [0.2, 0.25) is 0 Å². The van der Waals surface area contributed by atoms with Crippen LogP contribution in [0.25, 0.3) is 10.4 Å². The van der Waals surface area contributed by atoms with Gasteiger partial charge < -0.3 is 5.11 Å². The van der Waals surface area contributed by atoms with Gasteiger partial charge in [-0.25, -0.2) is 9.82 Å². The van der Waals surface area contributed by atoms with Crippen molar-refractivity contribution in [3.63, 3.8) is 0 Å². The Morgan fingerprint density at radius 2 is 2.04 bits per heavy atom. The Labute approximate surface area is 130 Å². The number of rotatable bonds is 5. The van der Waals surface area contributed by atoms with Crippen LogP contribution in [0, 0.1) is 5.82 Å². The molecule has 0 heterocycles. The fraction of sp³-hybridized carbons (Fsp3) is 0.0667. The Kier molecular flexibility index (Phi) is 5.27. The number of nitrogens with zero attached hydrogens (tertiary/aromatic N) is 4. The number of phenolic OH excluding ortho intramolecular Hbond substituents is 1. The maximum absolute atomic E-state index is 12.8. The predicted octanol–water partition coefficient (Wildman–Crippen LogP) is 3.11. The van der Waals surface area contributed by atoms with Crippen molar-refractivity contribution in [2.75, 3.05) is 0 Å². The molecule has 0 atom stereocenters. The van der Waals surface area contributed by atoms with Crippen molar-refractivity contribution in [2.45, 2.75) is 6.54 Å². The van der Waals surface area contributed by atoms with Crippen LogP contribution >= 0.6 is 0 Å². The first kappa shape index (κ1) is 16.0. The molecule has 0 aliphatic rings. The highest BCUT2D eigenvalue weighted by atomic mass is 19.1. The van der Waals surface area contributed by atoms with E-state index in [1.54, 1.807) is 12.1 Å². The summed E-state index contributed by atoms with van der Waals surface area (Å²) in [4.78, 5) is 14.4. The summed E-state index contributed by atoms with van der Waals surface area (Å²) in [5.41, 5.74) is 11.9. The first-order chi connectivity index (χ1) is 11.1. The standard InChI is InChI=1S/C15H12FN5O2/c16-13-4-2-11(3-5-13)15(23)20-18-9-12-7-10(8-19-21-17)1-6-14(12)22/h1-7,9,22H,8H2,(H,20,23)/b18-9+. The van der Waals surface area contributed by atoms with Crippen molar-refractivity contribution in [1.82, 2.24) is 5.43 Å². The fourth-order valence-corrected chi connectivity index (χ4v) is 1.75. The van der Waals surface area contributed by atoms with E-state index < -0.39 is 11.7 Å². The second kappa shape index (κ2) is 7.58. The number of benzene rings is 2. The van der Waals surface area contributed by atoms with E-state index in [1.807, 2.05) is 0 Å². The molecule has 0 aliphatic heterocycles. The fourth-order valence-electron chi connectivity index (χ4n) is 1.75. The molecule has 0 aromatic heterocycles. The highest BCUT2D eigenvalue weighted by Gasteiger charge is 2.04. The minimum atomic E-state index is -0.508. The van der Waals surface area contributed by atoms with Crippen molar-refractivity contribution < 1.29 is 14.3 Å². The summed E-state index contributed by atoms with van der Waals surface area (Å²) in [6.07, 6.45) is 1.26. The van der Waals surface area contributed by atoms with Gasteiger partial charge in [0.05, 0.1) is 12.8 Å². The molecule has 0 saturated heterocycles. The van der Waals surface area contributed by atoms with Crippen molar-refractivity contribution in [3.8, 4) is 5.75 Å². The minimum Gasteiger partial charge on any atom is -0.507 e. The average Bonchev–Trinajstić information content (AvgIpc) is 2.55. The van der Waals surface area contributed by atoms with Crippen LogP contribution in [-0.4, -0.2) is 17.2 Å². The molecule has 2 aromatic carbocycles. The van der Waals surface area contributed by atoms with E-state index in [0.29, 0.717) is 11.1 Å². The van der Waals surface area contributed by atoms with E-state index >= 15 is 0 Å². The van der Waals surface area contributed by atoms with Gasteiger partial charge in [0.15, 0.2) is 0 Å². The number of halogens is 1. The molecular formula is C15H12FN5O2. The smallest absolute Gasteiger partial charge is 0.271 e. The summed E-state index contributed by atoms with van der Waals surface area (Å²) in [5, 5.41) is 16.9. The second-order valence-electron chi connectivity index (χ2n) is 4.49. The Bertz CT molecular complexity index is 783. The van der Waals surface area contributed by atoms with Gasteiger partial charge >= 0.3 is 0 Å². The Morgan fingerprint density at radius 3 is 2.74 bits per heavy atom. The number of carbonyl (C=O) groups excluding carboxylic acids is 1. The maximum atomic E-state index is 12.8. The van der Waals surface area contributed by atoms with Crippen LogP contribution in [0.3, 0.4) is 0 Å². The predicted molar refractivity (Wildman–Crippen MR) is 82.4 cm³/mol. The summed E-state index contributed by atoms with van der Waals surface area (Å²) in [6.45, 7) is 0.138. The summed E-state index contributed by atoms with van der Waals surface area (Å²) < 4.78 is 12.8. The molecule has 2 N–H and O–H groups in total. The largest absolute Gasteiger partial charge is 0.507 e. The maximum Gasteiger partial charge on any atom is 0.271 e. The number of hydrogen-bond acceptors (Lipinski definition) is 4. The van der Waals surface area contributed by atoms with Gasteiger partial charge in [-0.15, -0.1) is 0 Å². The summed E-state index contributed by atoms with van der Waals surface area (Å²) in [6, 6.07) is 9.63. The van der Waals surface area contributed by atoms with Crippen molar-refractivity contribution in [1.29, 1.82) is 0 Å². The molecule has 7 nitrogen and oxygen atoms in total. The SMILES string of the molecule is [N-]=[N+]=NCc1ccc(O)c(/C=N/NC(=O)c2ccc(F)cc2)c1. The number of hydrazone groups is 1. The van der Waals surface area contributed by atoms with Gasteiger partial charge in [0, 0.05) is 16.0 Å². The van der Waals surface area contributed by atoms with E-state index in [2.05, 4.69) is 20.6 Å². The second-order valence-corrected chi connectivity index (χ2v) is 4.49. The van der Waals surface area contributed by atoms with E-state index in [-0.39, 0.29) is 17.9 Å². The third kappa shape index (κ3) is 4.55. The van der Waals surface area contributed by atoms with Gasteiger partial charge in [0.2, 0.25) is 0 Å². The van der Waals surface area contributed by atoms with Crippen LogP contribution in [0.4, 0.5) is 4.39 Å². The molecule has 116 valence electrons. The monoisotopic (exact) mass is 313 g/mol. The van der Waals surface area contributed by atoms with E-state index in [0.717, 1.165) is 0 Å². The van der Waals surface area contributed by atoms with E-state index in [9.17, 15) is 14.3 Å². The summed E-state index contributed by atoms with van der Waals surface area (Å²) in [5.74, 6) is -0.979. The van der Waals surface area contributed by atoms with Crippen molar-refractivity contribution in [2.24, 2.45) is 10.2 Å². The van der Waals surface area contributed by atoms with Crippen LogP contribution < -0.4 is 5.43 Å².